The molecule has 2 rings (SSSR count). The maximum absolute atomic E-state index is 8.87. The van der Waals surface area contributed by atoms with Crippen LogP contribution >= 0.6 is 0 Å². The van der Waals surface area contributed by atoms with Gasteiger partial charge in [0.15, 0.2) is 0 Å². The summed E-state index contributed by atoms with van der Waals surface area (Å²) in [5, 5.41) is 8.87. The Balaban J connectivity index is 1.83. The zero-order chi connectivity index (χ0) is 10.0. The molecule has 2 atom stereocenters. The lowest BCUT2D eigenvalue weighted by molar-refractivity contribution is -0.0532. The van der Waals surface area contributed by atoms with E-state index in [1.165, 1.54) is 25.7 Å². The van der Waals surface area contributed by atoms with Crippen LogP contribution in [0.25, 0.3) is 0 Å². The summed E-state index contributed by atoms with van der Waals surface area (Å²) in [5.41, 5.74) is 0.224. The van der Waals surface area contributed by atoms with Gasteiger partial charge in [0.25, 0.3) is 0 Å². The minimum Gasteiger partial charge on any atom is -0.372 e. The molecule has 0 saturated heterocycles. The summed E-state index contributed by atoms with van der Waals surface area (Å²) in [6.07, 6.45) is 8.36. The highest BCUT2D eigenvalue weighted by Gasteiger charge is 2.44. The molecule has 2 aliphatic carbocycles. The molecule has 2 unspecified atom stereocenters. The number of nitriles is 1. The summed E-state index contributed by atoms with van der Waals surface area (Å²) in [4.78, 5) is 0. The maximum Gasteiger partial charge on any atom is 0.0685 e. The van der Waals surface area contributed by atoms with Crippen molar-refractivity contribution in [1.29, 1.82) is 5.26 Å². The molecule has 14 heavy (non-hydrogen) atoms. The minimum atomic E-state index is 0.224. The van der Waals surface area contributed by atoms with Crippen LogP contribution < -0.4 is 0 Å². The first-order valence-corrected chi connectivity index (χ1v) is 5.85. The third kappa shape index (κ3) is 2.09. The topological polar surface area (TPSA) is 33.0 Å². The highest BCUT2D eigenvalue weighted by Crippen LogP contribution is 2.45. The first-order chi connectivity index (χ1) is 6.78. The number of nitrogens with zero attached hydrogens (tertiary/aromatic N) is 1. The Labute approximate surface area is 86.2 Å². The lowest BCUT2D eigenvalue weighted by atomic mass is 9.88. The lowest BCUT2D eigenvalue weighted by Gasteiger charge is -2.29. The van der Waals surface area contributed by atoms with Crippen molar-refractivity contribution in [3.63, 3.8) is 0 Å². The molecule has 0 aliphatic heterocycles. The molecule has 78 valence electrons. The van der Waals surface area contributed by atoms with Crippen LogP contribution in [0.3, 0.4) is 0 Å². The Morgan fingerprint density at radius 2 is 2.21 bits per heavy atom. The molecule has 0 aromatic heterocycles. The van der Waals surface area contributed by atoms with Crippen LogP contribution in [0.15, 0.2) is 0 Å². The molecule has 0 aromatic rings. The highest BCUT2D eigenvalue weighted by molar-refractivity contribution is 4.97. The lowest BCUT2D eigenvalue weighted by Crippen LogP contribution is -2.28. The van der Waals surface area contributed by atoms with Crippen molar-refractivity contribution in [3.8, 4) is 6.07 Å². The quantitative estimate of drug-likeness (QED) is 0.690. The van der Waals surface area contributed by atoms with E-state index in [2.05, 4.69) is 13.0 Å². The Morgan fingerprint density at radius 3 is 2.79 bits per heavy atom. The zero-order valence-corrected chi connectivity index (χ0v) is 8.96. The predicted octanol–water partition coefficient (Wildman–Crippen LogP) is 3.03. The minimum absolute atomic E-state index is 0.224. The first kappa shape index (κ1) is 9.98. The van der Waals surface area contributed by atoms with Crippen molar-refractivity contribution >= 4 is 0 Å². The Bertz CT molecular complexity index is 239. The monoisotopic (exact) mass is 193 g/mol. The molecular weight excluding hydrogens is 174 g/mol. The number of ether oxygens (including phenoxy) is 1. The molecule has 0 amide bonds. The highest BCUT2D eigenvalue weighted by atomic mass is 16.5. The zero-order valence-electron chi connectivity index (χ0n) is 8.96. The van der Waals surface area contributed by atoms with E-state index < -0.39 is 0 Å². The van der Waals surface area contributed by atoms with Gasteiger partial charge in [-0.25, -0.2) is 0 Å². The largest absolute Gasteiger partial charge is 0.372 e. The van der Waals surface area contributed by atoms with Crippen molar-refractivity contribution in [2.24, 2.45) is 5.92 Å². The molecule has 2 heteroatoms. The van der Waals surface area contributed by atoms with Gasteiger partial charge in [-0.2, -0.15) is 5.26 Å². The molecule has 2 saturated carbocycles. The third-order valence-corrected chi connectivity index (χ3v) is 3.68. The second-order valence-corrected chi connectivity index (χ2v) is 4.77. The van der Waals surface area contributed by atoms with Gasteiger partial charge in [0, 0.05) is 5.92 Å². The molecule has 2 fully saturated rings. The van der Waals surface area contributed by atoms with E-state index in [1.807, 2.05) is 0 Å². The Morgan fingerprint density at radius 1 is 1.43 bits per heavy atom. The van der Waals surface area contributed by atoms with Gasteiger partial charge in [0.1, 0.15) is 0 Å². The van der Waals surface area contributed by atoms with Crippen LogP contribution in [-0.4, -0.2) is 11.7 Å². The van der Waals surface area contributed by atoms with Crippen molar-refractivity contribution in [2.45, 2.75) is 63.6 Å². The van der Waals surface area contributed by atoms with Crippen molar-refractivity contribution in [2.75, 3.05) is 0 Å². The van der Waals surface area contributed by atoms with E-state index in [9.17, 15) is 0 Å². The average molecular weight is 193 g/mol. The summed E-state index contributed by atoms with van der Waals surface area (Å²) in [6.45, 7) is 2.21. The molecule has 0 bridgehead atoms. The fourth-order valence-corrected chi connectivity index (χ4v) is 2.42. The second kappa shape index (κ2) is 3.90. The van der Waals surface area contributed by atoms with Gasteiger partial charge in [-0.1, -0.05) is 6.92 Å². The van der Waals surface area contributed by atoms with Crippen LogP contribution in [0, 0.1) is 17.2 Å². The van der Waals surface area contributed by atoms with Gasteiger partial charge in [-0.05, 0) is 44.9 Å². The first-order valence-electron chi connectivity index (χ1n) is 5.85. The van der Waals surface area contributed by atoms with Gasteiger partial charge >= 0.3 is 0 Å². The van der Waals surface area contributed by atoms with Crippen molar-refractivity contribution in [3.05, 3.63) is 0 Å². The van der Waals surface area contributed by atoms with Gasteiger partial charge in [0.05, 0.1) is 17.8 Å². The van der Waals surface area contributed by atoms with Crippen LogP contribution in [0.4, 0.5) is 0 Å². The molecule has 0 spiro atoms. The van der Waals surface area contributed by atoms with Crippen LogP contribution in [0.5, 0.6) is 0 Å². The fourth-order valence-electron chi connectivity index (χ4n) is 2.42. The molecule has 0 N–H and O–H groups in total. The molecule has 0 heterocycles. The van der Waals surface area contributed by atoms with Gasteiger partial charge < -0.3 is 4.74 Å². The number of hydrogen-bond donors (Lipinski definition) is 0. The smallest absolute Gasteiger partial charge is 0.0685 e. The van der Waals surface area contributed by atoms with Crippen molar-refractivity contribution in [1.82, 2.24) is 0 Å². The number of rotatable bonds is 3. The summed E-state index contributed by atoms with van der Waals surface area (Å²) in [6, 6.07) is 2.38. The van der Waals surface area contributed by atoms with Gasteiger partial charge in [-0.3, -0.25) is 0 Å². The summed E-state index contributed by atoms with van der Waals surface area (Å²) < 4.78 is 6.12. The van der Waals surface area contributed by atoms with Gasteiger partial charge in [0.2, 0.25) is 0 Å². The second-order valence-electron chi connectivity index (χ2n) is 4.77. The Kier molecular flexibility index (Phi) is 2.78. The molecular formula is C12H19NO. The fraction of sp³-hybridized carbons (Fsp3) is 0.917. The number of hydrogen-bond acceptors (Lipinski definition) is 2. The van der Waals surface area contributed by atoms with Crippen LogP contribution in [0.1, 0.15) is 51.9 Å². The average Bonchev–Trinajstić information content (AvgIpc) is 2.99. The SMILES string of the molecule is CCC1(OC2CCCC(C#N)C2)CC1. The van der Waals surface area contributed by atoms with E-state index in [4.69, 9.17) is 10.00 Å². The standard InChI is InChI=1S/C12H19NO/c1-2-12(6-7-12)14-11-5-3-4-10(8-11)9-13/h10-11H,2-8H2,1H3. The molecule has 2 aliphatic rings. The van der Waals surface area contributed by atoms with E-state index in [0.29, 0.717) is 6.10 Å². The predicted molar refractivity (Wildman–Crippen MR) is 54.7 cm³/mol. The van der Waals surface area contributed by atoms with Crippen LogP contribution in [-0.2, 0) is 4.74 Å². The van der Waals surface area contributed by atoms with E-state index in [-0.39, 0.29) is 11.5 Å². The Hall–Kier alpha value is -0.550. The molecule has 2 nitrogen and oxygen atoms in total. The summed E-state index contributed by atoms with van der Waals surface area (Å²) in [5.74, 6) is 0.251. The molecule has 0 aromatic carbocycles. The van der Waals surface area contributed by atoms with Gasteiger partial charge in [-0.15, -0.1) is 0 Å². The maximum atomic E-state index is 8.87. The van der Waals surface area contributed by atoms with Crippen LogP contribution in [0.2, 0.25) is 0 Å². The van der Waals surface area contributed by atoms with E-state index in [1.54, 1.807) is 0 Å². The van der Waals surface area contributed by atoms with Crippen molar-refractivity contribution < 1.29 is 4.74 Å². The summed E-state index contributed by atoms with van der Waals surface area (Å²) in [7, 11) is 0. The van der Waals surface area contributed by atoms with E-state index in [0.717, 1.165) is 19.3 Å². The summed E-state index contributed by atoms with van der Waals surface area (Å²) >= 11 is 0. The third-order valence-electron chi connectivity index (χ3n) is 3.68. The normalized spacial score (nSPS) is 34.9. The molecule has 0 radical (unpaired) electrons. The van der Waals surface area contributed by atoms with E-state index >= 15 is 0 Å².